The molecule has 1 atom stereocenters. The molecule has 118 valence electrons. The molecular weight excluding hydrogens is 383 g/mol. The van der Waals surface area contributed by atoms with Crippen LogP contribution in [0, 0.1) is 0 Å². The van der Waals surface area contributed by atoms with Gasteiger partial charge in [0.15, 0.2) is 5.96 Å². The first-order valence-corrected chi connectivity index (χ1v) is 8.51. The molecule has 2 fully saturated rings. The van der Waals surface area contributed by atoms with Crippen LogP contribution in [0.4, 0.5) is 0 Å². The molecule has 2 rings (SSSR count). The highest BCUT2D eigenvalue weighted by atomic mass is 127. The van der Waals surface area contributed by atoms with Gasteiger partial charge in [-0.05, 0) is 51.4 Å². The van der Waals surface area contributed by atoms with Gasteiger partial charge in [0.05, 0.1) is 0 Å². The molecule has 2 heterocycles. The lowest BCUT2D eigenvalue weighted by molar-refractivity contribution is 0.343. The summed E-state index contributed by atoms with van der Waals surface area (Å²) in [7, 11) is 1.86. The van der Waals surface area contributed by atoms with Crippen molar-refractivity contribution in [2.45, 2.75) is 37.4 Å². The van der Waals surface area contributed by atoms with E-state index in [9.17, 15) is 0 Å². The monoisotopic (exact) mass is 412 g/mol. The molecule has 0 amide bonds. The van der Waals surface area contributed by atoms with Crippen LogP contribution in [0.25, 0.3) is 0 Å². The number of aliphatic imine (C=N–C) groups is 1. The van der Waals surface area contributed by atoms with Crippen LogP contribution in [0.2, 0.25) is 0 Å². The second kappa shape index (κ2) is 9.35. The van der Waals surface area contributed by atoms with Gasteiger partial charge in [-0.15, -0.1) is 24.0 Å². The fraction of sp³-hybridized carbons (Fsp3) is 0.929. The van der Waals surface area contributed by atoms with E-state index in [1.54, 1.807) is 0 Å². The largest absolute Gasteiger partial charge is 0.355 e. The number of rotatable bonds is 5. The molecule has 2 N–H and O–H groups in total. The standard InChI is InChI=1S/C14H28N4S.HI/c1-14(6-5-11-19-14)12-17-13(15-2)16-7-10-18-8-3-4-9-18;/h3-12H2,1-2H3,(H2,15,16,17);1H. The van der Waals surface area contributed by atoms with Gasteiger partial charge in [0.25, 0.3) is 0 Å². The first-order valence-electron chi connectivity index (χ1n) is 7.53. The van der Waals surface area contributed by atoms with Crippen molar-refractivity contribution in [1.82, 2.24) is 15.5 Å². The molecule has 1 unspecified atom stereocenters. The van der Waals surface area contributed by atoms with Gasteiger partial charge in [0.1, 0.15) is 0 Å². The van der Waals surface area contributed by atoms with Gasteiger partial charge in [-0.25, -0.2) is 0 Å². The maximum Gasteiger partial charge on any atom is 0.191 e. The predicted octanol–water partition coefficient (Wildman–Crippen LogP) is 2.15. The molecule has 0 saturated carbocycles. The molecule has 0 spiro atoms. The van der Waals surface area contributed by atoms with E-state index in [0.29, 0.717) is 4.75 Å². The van der Waals surface area contributed by atoms with E-state index in [-0.39, 0.29) is 24.0 Å². The van der Waals surface area contributed by atoms with Crippen molar-refractivity contribution in [3.8, 4) is 0 Å². The minimum atomic E-state index is 0. The van der Waals surface area contributed by atoms with Crippen molar-refractivity contribution < 1.29 is 0 Å². The highest BCUT2D eigenvalue weighted by molar-refractivity contribution is 14.0. The van der Waals surface area contributed by atoms with Crippen LogP contribution in [0.1, 0.15) is 32.6 Å². The number of thioether (sulfide) groups is 1. The Morgan fingerprint density at radius 1 is 1.25 bits per heavy atom. The van der Waals surface area contributed by atoms with E-state index >= 15 is 0 Å². The van der Waals surface area contributed by atoms with Crippen LogP contribution in [-0.2, 0) is 0 Å². The zero-order valence-electron chi connectivity index (χ0n) is 12.8. The van der Waals surface area contributed by atoms with Gasteiger partial charge in [0, 0.05) is 31.4 Å². The number of hydrogen-bond donors (Lipinski definition) is 2. The summed E-state index contributed by atoms with van der Waals surface area (Å²) in [6, 6.07) is 0. The van der Waals surface area contributed by atoms with E-state index < -0.39 is 0 Å². The highest BCUT2D eigenvalue weighted by Crippen LogP contribution is 2.36. The Balaban J connectivity index is 0.00000200. The maximum absolute atomic E-state index is 4.31. The van der Waals surface area contributed by atoms with E-state index in [2.05, 4.69) is 39.2 Å². The van der Waals surface area contributed by atoms with E-state index in [4.69, 9.17) is 0 Å². The lowest BCUT2D eigenvalue weighted by Crippen LogP contribution is -2.45. The Bertz CT molecular complexity index is 300. The summed E-state index contributed by atoms with van der Waals surface area (Å²) in [4.78, 5) is 6.83. The second-order valence-corrected chi connectivity index (χ2v) is 7.49. The molecule has 0 aromatic carbocycles. The second-order valence-electron chi connectivity index (χ2n) is 5.80. The van der Waals surface area contributed by atoms with Crippen molar-refractivity contribution >= 4 is 41.7 Å². The van der Waals surface area contributed by atoms with Crippen molar-refractivity contribution in [2.75, 3.05) is 45.5 Å². The average molecular weight is 412 g/mol. The molecule has 6 heteroatoms. The van der Waals surface area contributed by atoms with Crippen molar-refractivity contribution in [2.24, 2.45) is 4.99 Å². The Morgan fingerprint density at radius 2 is 2.00 bits per heavy atom. The summed E-state index contributed by atoms with van der Waals surface area (Å²) in [5.41, 5.74) is 0. The normalized spacial score (nSPS) is 27.4. The molecule has 20 heavy (non-hydrogen) atoms. The van der Waals surface area contributed by atoms with Gasteiger partial charge < -0.3 is 15.5 Å². The summed E-state index contributed by atoms with van der Waals surface area (Å²) in [5, 5.41) is 6.90. The zero-order valence-corrected chi connectivity index (χ0v) is 15.9. The summed E-state index contributed by atoms with van der Waals surface area (Å²) >= 11 is 2.09. The van der Waals surface area contributed by atoms with E-state index in [0.717, 1.165) is 25.6 Å². The molecule has 2 aliphatic heterocycles. The highest BCUT2D eigenvalue weighted by Gasteiger charge is 2.29. The molecule has 4 nitrogen and oxygen atoms in total. The third-order valence-corrected chi connectivity index (χ3v) is 5.61. The molecule has 0 aromatic heterocycles. The van der Waals surface area contributed by atoms with Crippen LogP contribution in [-0.4, -0.2) is 61.1 Å². The number of likely N-dealkylation sites (tertiary alicyclic amines) is 1. The predicted molar refractivity (Wildman–Crippen MR) is 101 cm³/mol. The number of halogens is 1. The minimum absolute atomic E-state index is 0. The summed E-state index contributed by atoms with van der Waals surface area (Å²) in [6.07, 6.45) is 5.39. The number of nitrogens with one attached hydrogen (secondary N) is 2. The molecule has 0 bridgehead atoms. The summed E-state index contributed by atoms with van der Waals surface area (Å²) in [5.74, 6) is 2.26. The molecule has 0 aromatic rings. The first kappa shape index (κ1) is 18.4. The van der Waals surface area contributed by atoms with E-state index in [1.807, 2.05) is 7.05 Å². The Kier molecular flexibility index (Phi) is 8.59. The molecule has 2 aliphatic rings. The van der Waals surface area contributed by atoms with Crippen molar-refractivity contribution in [3.05, 3.63) is 0 Å². The van der Waals surface area contributed by atoms with Crippen molar-refractivity contribution in [3.63, 3.8) is 0 Å². The Morgan fingerprint density at radius 3 is 2.60 bits per heavy atom. The lowest BCUT2D eigenvalue weighted by Gasteiger charge is -2.24. The SMILES string of the molecule is CN=C(NCCN1CCCC1)NCC1(C)CCCS1.I. The van der Waals surface area contributed by atoms with Gasteiger partial charge in [-0.3, -0.25) is 4.99 Å². The number of nitrogens with zero attached hydrogens (tertiary/aromatic N) is 2. The maximum atomic E-state index is 4.31. The number of guanidine groups is 1. The van der Waals surface area contributed by atoms with Gasteiger partial charge in [-0.1, -0.05) is 0 Å². The quantitative estimate of drug-likeness (QED) is 0.413. The Labute approximate surface area is 144 Å². The third-order valence-electron chi connectivity index (χ3n) is 4.07. The van der Waals surface area contributed by atoms with Crippen LogP contribution in [0.15, 0.2) is 4.99 Å². The molecule has 2 saturated heterocycles. The van der Waals surface area contributed by atoms with Gasteiger partial charge in [-0.2, -0.15) is 11.8 Å². The Hall–Kier alpha value is 0.310. The average Bonchev–Trinajstić information content (AvgIpc) is 3.06. The zero-order chi connectivity index (χ0) is 13.6. The third kappa shape index (κ3) is 5.97. The van der Waals surface area contributed by atoms with Crippen LogP contribution < -0.4 is 10.6 Å². The minimum Gasteiger partial charge on any atom is -0.355 e. The van der Waals surface area contributed by atoms with Crippen LogP contribution in [0.5, 0.6) is 0 Å². The summed E-state index contributed by atoms with van der Waals surface area (Å²) in [6.45, 7) is 8.03. The number of hydrogen-bond acceptors (Lipinski definition) is 3. The molecular formula is C14H29IN4S. The molecule has 0 radical (unpaired) electrons. The van der Waals surface area contributed by atoms with Crippen molar-refractivity contribution in [1.29, 1.82) is 0 Å². The van der Waals surface area contributed by atoms with Crippen LogP contribution >= 0.6 is 35.7 Å². The lowest BCUT2D eigenvalue weighted by atomic mass is 10.1. The topological polar surface area (TPSA) is 39.7 Å². The molecule has 0 aliphatic carbocycles. The fourth-order valence-corrected chi connectivity index (χ4v) is 4.05. The fourth-order valence-electron chi connectivity index (χ4n) is 2.81. The first-order chi connectivity index (χ1) is 9.22. The van der Waals surface area contributed by atoms with Gasteiger partial charge in [0.2, 0.25) is 0 Å². The van der Waals surface area contributed by atoms with Gasteiger partial charge >= 0.3 is 0 Å². The smallest absolute Gasteiger partial charge is 0.191 e. The van der Waals surface area contributed by atoms with E-state index in [1.165, 1.54) is 44.5 Å². The van der Waals surface area contributed by atoms with Crippen LogP contribution in [0.3, 0.4) is 0 Å². The summed E-state index contributed by atoms with van der Waals surface area (Å²) < 4.78 is 0.395.